The molecule has 2 aromatic carbocycles. The lowest BCUT2D eigenvalue weighted by Crippen LogP contribution is -2.39. The SMILES string of the molecule is COc1cccc(CN=C(NC(=S)Nc2ccc(C)c(C)c2)Nc2nc(C)cc(C)n2)c1. The second kappa shape index (κ2) is 10.7. The molecule has 0 aliphatic heterocycles. The highest BCUT2D eigenvalue weighted by Crippen LogP contribution is 2.15. The number of nitrogens with zero attached hydrogens (tertiary/aromatic N) is 3. The van der Waals surface area contributed by atoms with Gasteiger partial charge in [-0.3, -0.25) is 5.32 Å². The van der Waals surface area contributed by atoms with E-state index < -0.39 is 0 Å². The fourth-order valence-electron chi connectivity index (χ4n) is 3.03. The van der Waals surface area contributed by atoms with Crippen LogP contribution in [0.25, 0.3) is 0 Å². The van der Waals surface area contributed by atoms with Crippen LogP contribution in [-0.2, 0) is 6.54 Å². The molecule has 0 spiro atoms. The summed E-state index contributed by atoms with van der Waals surface area (Å²) in [6.07, 6.45) is 0. The monoisotopic (exact) mass is 448 g/mol. The van der Waals surface area contributed by atoms with Gasteiger partial charge in [0.1, 0.15) is 5.75 Å². The first-order chi connectivity index (χ1) is 15.3. The van der Waals surface area contributed by atoms with Crippen molar-refractivity contribution in [2.24, 2.45) is 4.99 Å². The summed E-state index contributed by atoms with van der Waals surface area (Å²) >= 11 is 5.52. The van der Waals surface area contributed by atoms with E-state index in [0.717, 1.165) is 28.4 Å². The second-order valence-corrected chi connectivity index (χ2v) is 7.90. The molecule has 0 fully saturated rings. The molecule has 8 heteroatoms. The lowest BCUT2D eigenvalue weighted by atomic mass is 10.1. The van der Waals surface area contributed by atoms with Crippen LogP contribution in [0.1, 0.15) is 28.1 Å². The standard InChI is InChI=1S/C24H28N6OS/c1-15-9-10-20(11-16(15)2)28-24(32)30-22(29-23-26-17(3)12-18(4)27-23)25-14-19-7-6-8-21(13-19)31-5/h6-13H,14H2,1-5H3,(H3,25,26,27,28,29,30,32). The molecule has 3 aromatic rings. The van der Waals surface area contributed by atoms with Crippen molar-refractivity contribution in [1.82, 2.24) is 15.3 Å². The number of nitrogens with one attached hydrogen (secondary N) is 3. The van der Waals surface area contributed by atoms with Crippen molar-refractivity contribution in [2.45, 2.75) is 34.2 Å². The Kier molecular flexibility index (Phi) is 7.72. The molecule has 0 bridgehead atoms. The minimum atomic E-state index is 0.412. The first-order valence-corrected chi connectivity index (χ1v) is 10.6. The third-order valence-electron chi connectivity index (χ3n) is 4.76. The van der Waals surface area contributed by atoms with Crippen molar-refractivity contribution in [3.8, 4) is 5.75 Å². The van der Waals surface area contributed by atoms with Crippen molar-refractivity contribution in [3.05, 3.63) is 76.6 Å². The van der Waals surface area contributed by atoms with Gasteiger partial charge in [0.15, 0.2) is 5.11 Å². The maximum absolute atomic E-state index is 5.52. The van der Waals surface area contributed by atoms with Gasteiger partial charge in [0.05, 0.1) is 13.7 Å². The lowest BCUT2D eigenvalue weighted by Gasteiger charge is -2.15. The number of hydrogen-bond acceptors (Lipinski definition) is 5. The first kappa shape index (κ1) is 23.1. The van der Waals surface area contributed by atoms with E-state index in [1.807, 2.05) is 50.2 Å². The summed E-state index contributed by atoms with van der Waals surface area (Å²) in [4.78, 5) is 13.6. The van der Waals surface area contributed by atoms with Gasteiger partial charge in [0, 0.05) is 17.1 Å². The summed E-state index contributed by atoms with van der Waals surface area (Å²) in [6, 6.07) is 15.8. The second-order valence-electron chi connectivity index (χ2n) is 7.49. The molecule has 1 heterocycles. The highest BCUT2D eigenvalue weighted by molar-refractivity contribution is 7.80. The van der Waals surface area contributed by atoms with E-state index in [1.54, 1.807) is 7.11 Å². The van der Waals surface area contributed by atoms with Crippen molar-refractivity contribution < 1.29 is 4.74 Å². The summed E-state index contributed by atoms with van der Waals surface area (Å²) in [5.41, 5.74) is 6.04. The number of aromatic nitrogens is 2. The summed E-state index contributed by atoms with van der Waals surface area (Å²) in [5, 5.41) is 9.90. The highest BCUT2D eigenvalue weighted by atomic mass is 32.1. The van der Waals surface area contributed by atoms with E-state index in [0.29, 0.717) is 23.6 Å². The maximum Gasteiger partial charge on any atom is 0.229 e. The Morgan fingerprint density at radius 3 is 2.38 bits per heavy atom. The molecule has 0 aliphatic carbocycles. The van der Waals surface area contributed by atoms with Crippen molar-refractivity contribution >= 4 is 34.9 Å². The smallest absolute Gasteiger partial charge is 0.229 e. The molecule has 0 saturated heterocycles. The van der Waals surface area contributed by atoms with Gasteiger partial charge in [-0.2, -0.15) is 0 Å². The molecule has 32 heavy (non-hydrogen) atoms. The van der Waals surface area contributed by atoms with Crippen molar-refractivity contribution in [1.29, 1.82) is 0 Å². The van der Waals surface area contributed by atoms with E-state index in [1.165, 1.54) is 11.1 Å². The maximum atomic E-state index is 5.52. The summed E-state index contributed by atoms with van der Waals surface area (Å²) in [5.74, 6) is 1.68. The molecule has 0 amide bonds. The minimum absolute atomic E-state index is 0.412. The van der Waals surface area contributed by atoms with Crippen LogP contribution in [0.4, 0.5) is 11.6 Å². The minimum Gasteiger partial charge on any atom is -0.497 e. The summed E-state index contributed by atoms with van der Waals surface area (Å²) in [6.45, 7) is 8.41. The summed E-state index contributed by atoms with van der Waals surface area (Å²) < 4.78 is 5.30. The van der Waals surface area contributed by atoms with E-state index in [4.69, 9.17) is 17.0 Å². The number of anilines is 2. The fourth-order valence-corrected chi connectivity index (χ4v) is 3.24. The molecule has 0 saturated carbocycles. The van der Waals surface area contributed by atoms with Crippen LogP contribution in [0.15, 0.2) is 53.5 Å². The first-order valence-electron chi connectivity index (χ1n) is 10.2. The van der Waals surface area contributed by atoms with Gasteiger partial charge in [-0.25, -0.2) is 15.0 Å². The molecule has 166 valence electrons. The third-order valence-corrected chi connectivity index (χ3v) is 4.97. The van der Waals surface area contributed by atoms with Gasteiger partial charge >= 0.3 is 0 Å². The average molecular weight is 449 g/mol. The molecule has 0 unspecified atom stereocenters. The zero-order valence-corrected chi connectivity index (χ0v) is 19.8. The Morgan fingerprint density at radius 1 is 0.938 bits per heavy atom. The topological polar surface area (TPSA) is 83.5 Å². The predicted molar refractivity (Wildman–Crippen MR) is 135 cm³/mol. The Hall–Kier alpha value is -3.52. The van der Waals surface area contributed by atoms with Crippen LogP contribution >= 0.6 is 12.2 Å². The third kappa shape index (κ3) is 6.75. The molecule has 1 aromatic heterocycles. The van der Waals surface area contributed by atoms with Gasteiger partial charge in [-0.1, -0.05) is 18.2 Å². The van der Waals surface area contributed by atoms with Gasteiger partial charge < -0.3 is 15.4 Å². The average Bonchev–Trinajstić information content (AvgIpc) is 2.74. The zero-order valence-electron chi connectivity index (χ0n) is 19.0. The number of benzene rings is 2. The number of aryl methyl sites for hydroxylation is 4. The van der Waals surface area contributed by atoms with Gasteiger partial charge in [0.2, 0.25) is 11.9 Å². The van der Waals surface area contributed by atoms with Crippen LogP contribution < -0.4 is 20.7 Å². The van der Waals surface area contributed by atoms with E-state index in [-0.39, 0.29) is 0 Å². The van der Waals surface area contributed by atoms with Crippen LogP contribution in [0.2, 0.25) is 0 Å². The van der Waals surface area contributed by atoms with E-state index >= 15 is 0 Å². The Balaban J connectivity index is 1.79. The molecule has 3 rings (SSSR count). The number of aliphatic imine (C=N–C) groups is 1. The number of thiocarbonyl (C=S) groups is 1. The Morgan fingerprint density at radius 2 is 1.69 bits per heavy atom. The van der Waals surface area contributed by atoms with Gasteiger partial charge in [-0.05, 0) is 86.9 Å². The van der Waals surface area contributed by atoms with Gasteiger partial charge in [0.25, 0.3) is 0 Å². The number of rotatable bonds is 5. The predicted octanol–water partition coefficient (Wildman–Crippen LogP) is 4.67. The number of ether oxygens (including phenoxy) is 1. The molecule has 0 radical (unpaired) electrons. The van der Waals surface area contributed by atoms with Gasteiger partial charge in [-0.15, -0.1) is 0 Å². The lowest BCUT2D eigenvalue weighted by molar-refractivity contribution is 0.414. The number of methoxy groups -OCH3 is 1. The number of guanidine groups is 1. The Labute approximate surface area is 194 Å². The van der Waals surface area contributed by atoms with Crippen molar-refractivity contribution in [2.75, 3.05) is 17.7 Å². The Bertz CT molecular complexity index is 1120. The van der Waals surface area contributed by atoms with Crippen LogP contribution in [0.5, 0.6) is 5.75 Å². The van der Waals surface area contributed by atoms with E-state index in [2.05, 4.69) is 56.9 Å². The molecule has 0 aliphatic rings. The molecule has 3 N–H and O–H groups in total. The largest absolute Gasteiger partial charge is 0.497 e. The van der Waals surface area contributed by atoms with Crippen LogP contribution in [0, 0.1) is 27.7 Å². The number of hydrogen-bond donors (Lipinski definition) is 3. The fraction of sp³-hybridized carbons (Fsp3) is 0.250. The van der Waals surface area contributed by atoms with Crippen LogP contribution in [0.3, 0.4) is 0 Å². The summed E-state index contributed by atoms with van der Waals surface area (Å²) in [7, 11) is 1.64. The van der Waals surface area contributed by atoms with Crippen molar-refractivity contribution in [3.63, 3.8) is 0 Å². The molecular weight excluding hydrogens is 420 g/mol. The zero-order chi connectivity index (χ0) is 23.1. The highest BCUT2D eigenvalue weighted by Gasteiger charge is 2.08. The quantitative estimate of drug-likeness (QED) is 0.297. The normalized spacial score (nSPS) is 11.1. The van der Waals surface area contributed by atoms with Crippen LogP contribution in [-0.4, -0.2) is 28.1 Å². The molecule has 0 atom stereocenters. The molecular formula is C24H28N6OS. The van der Waals surface area contributed by atoms with E-state index in [9.17, 15) is 0 Å². The molecule has 7 nitrogen and oxygen atoms in total.